The molecule has 8 nitrogen and oxygen atoms in total. The quantitative estimate of drug-likeness (QED) is 0.541. The highest BCUT2D eigenvalue weighted by molar-refractivity contribution is 6.35. The largest absolute Gasteiger partial charge is 0.381 e. The molecule has 2 amide bonds. The molecule has 0 radical (unpaired) electrons. The van der Waals surface area contributed by atoms with Gasteiger partial charge in [0, 0.05) is 58.3 Å². The van der Waals surface area contributed by atoms with Crippen molar-refractivity contribution in [3.05, 3.63) is 18.5 Å². The van der Waals surface area contributed by atoms with Crippen molar-refractivity contribution < 1.29 is 14.3 Å². The van der Waals surface area contributed by atoms with Crippen LogP contribution in [0.2, 0.25) is 0 Å². The number of amides is 2. The number of carbonyl (C=O) groups is 2. The Hall–Kier alpha value is -2.22. The normalized spacial score (nSPS) is 14.4. The minimum atomic E-state index is -0.544. The van der Waals surface area contributed by atoms with E-state index in [-0.39, 0.29) is 0 Å². The van der Waals surface area contributed by atoms with Crippen molar-refractivity contribution in [1.29, 1.82) is 0 Å². The average molecular weight is 349 g/mol. The zero-order chi connectivity index (χ0) is 17.9. The van der Waals surface area contributed by atoms with Crippen LogP contribution < -0.4 is 10.2 Å². The topological polar surface area (TPSA) is 87.7 Å². The molecular formula is C17H27N5O3. The van der Waals surface area contributed by atoms with Crippen molar-refractivity contribution in [2.45, 2.75) is 26.2 Å². The van der Waals surface area contributed by atoms with E-state index in [1.807, 2.05) is 4.90 Å². The average Bonchev–Trinajstić information content (AvgIpc) is 2.67. The second kappa shape index (κ2) is 10.6. The zero-order valence-electron chi connectivity index (χ0n) is 14.8. The Morgan fingerprint density at radius 1 is 1.12 bits per heavy atom. The van der Waals surface area contributed by atoms with Crippen LogP contribution in [0.15, 0.2) is 18.5 Å². The first kappa shape index (κ1) is 19.1. The summed E-state index contributed by atoms with van der Waals surface area (Å²) in [5.74, 6) is -0.361. The van der Waals surface area contributed by atoms with E-state index in [4.69, 9.17) is 4.74 Å². The van der Waals surface area contributed by atoms with Crippen LogP contribution in [-0.4, -0.2) is 72.6 Å². The summed E-state index contributed by atoms with van der Waals surface area (Å²) in [5.41, 5.74) is 0. The Morgan fingerprint density at radius 3 is 2.48 bits per heavy atom. The Morgan fingerprint density at radius 2 is 1.80 bits per heavy atom. The maximum Gasteiger partial charge on any atom is 0.312 e. The van der Waals surface area contributed by atoms with Gasteiger partial charge in [0.15, 0.2) is 0 Å². The van der Waals surface area contributed by atoms with Crippen molar-refractivity contribution in [3.63, 3.8) is 0 Å². The fourth-order valence-electron chi connectivity index (χ4n) is 2.51. The van der Waals surface area contributed by atoms with E-state index in [0.717, 1.165) is 19.4 Å². The molecule has 0 saturated carbocycles. The monoisotopic (exact) mass is 349 g/mol. The predicted molar refractivity (Wildman–Crippen MR) is 94.2 cm³/mol. The van der Waals surface area contributed by atoms with E-state index in [0.29, 0.717) is 51.7 Å². The lowest BCUT2D eigenvalue weighted by Gasteiger charge is -2.34. The highest BCUT2D eigenvalue weighted by atomic mass is 16.5. The number of piperazine rings is 1. The predicted octanol–water partition coefficient (Wildman–Crippen LogP) is 0.448. The van der Waals surface area contributed by atoms with Gasteiger partial charge in [-0.1, -0.05) is 13.3 Å². The number of rotatable bonds is 8. The molecule has 0 unspecified atom stereocenters. The second-order valence-corrected chi connectivity index (χ2v) is 5.90. The molecule has 1 saturated heterocycles. The van der Waals surface area contributed by atoms with Crippen molar-refractivity contribution in [2.75, 3.05) is 50.8 Å². The third-order valence-electron chi connectivity index (χ3n) is 3.99. The molecule has 0 aliphatic carbocycles. The highest BCUT2D eigenvalue weighted by Crippen LogP contribution is 2.09. The number of nitrogens with one attached hydrogen (secondary N) is 1. The summed E-state index contributed by atoms with van der Waals surface area (Å²) in [6.07, 6.45) is 6.25. The van der Waals surface area contributed by atoms with Gasteiger partial charge in [0.2, 0.25) is 5.95 Å². The fraction of sp³-hybridized carbons (Fsp3) is 0.647. The van der Waals surface area contributed by atoms with Gasteiger partial charge in [-0.15, -0.1) is 0 Å². The van der Waals surface area contributed by atoms with E-state index >= 15 is 0 Å². The van der Waals surface area contributed by atoms with Gasteiger partial charge in [0.1, 0.15) is 0 Å². The zero-order valence-corrected chi connectivity index (χ0v) is 14.8. The minimum absolute atomic E-state index is 0.453. The van der Waals surface area contributed by atoms with Crippen molar-refractivity contribution >= 4 is 17.8 Å². The molecule has 8 heteroatoms. The van der Waals surface area contributed by atoms with Crippen LogP contribution in [0.5, 0.6) is 0 Å². The van der Waals surface area contributed by atoms with E-state index in [1.165, 1.54) is 0 Å². The first-order chi connectivity index (χ1) is 12.2. The van der Waals surface area contributed by atoms with Gasteiger partial charge in [-0.05, 0) is 18.9 Å². The number of nitrogens with zero attached hydrogens (tertiary/aromatic N) is 4. The molecule has 0 bridgehead atoms. The number of unbranched alkanes of at least 4 members (excludes halogenated alkanes) is 1. The Labute approximate surface area is 148 Å². The summed E-state index contributed by atoms with van der Waals surface area (Å²) >= 11 is 0. The highest BCUT2D eigenvalue weighted by Gasteiger charge is 2.26. The number of carbonyl (C=O) groups excluding carboxylic acids is 2. The molecule has 1 N–H and O–H groups in total. The third kappa shape index (κ3) is 6.30. The molecule has 2 heterocycles. The molecule has 0 aromatic carbocycles. The summed E-state index contributed by atoms with van der Waals surface area (Å²) in [7, 11) is 0. The Bertz CT molecular complexity index is 532. The van der Waals surface area contributed by atoms with E-state index in [2.05, 4.69) is 22.2 Å². The van der Waals surface area contributed by atoms with E-state index in [9.17, 15) is 9.59 Å². The van der Waals surface area contributed by atoms with Gasteiger partial charge in [-0.25, -0.2) is 9.97 Å². The first-order valence-electron chi connectivity index (χ1n) is 8.89. The standard InChI is InChI=1S/C17H27N5O3/c1-2-3-13-25-14-5-8-18-15(23)16(24)21-9-11-22(12-10-21)17-19-6-4-7-20-17/h4,6-7H,2-3,5,8-14H2,1H3,(H,18,23). The molecule has 1 aliphatic rings. The third-order valence-corrected chi connectivity index (χ3v) is 3.99. The molecule has 25 heavy (non-hydrogen) atoms. The van der Waals surface area contributed by atoms with Crippen molar-refractivity contribution in [1.82, 2.24) is 20.2 Å². The molecule has 2 rings (SSSR count). The maximum absolute atomic E-state index is 12.2. The van der Waals surface area contributed by atoms with Gasteiger partial charge < -0.3 is 19.9 Å². The number of ether oxygens (including phenoxy) is 1. The number of hydrogen-bond acceptors (Lipinski definition) is 6. The SMILES string of the molecule is CCCCOCCCNC(=O)C(=O)N1CCN(c2ncccn2)CC1. The maximum atomic E-state index is 12.2. The molecule has 1 aromatic rings. The van der Waals surface area contributed by atoms with Crippen LogP contribution in [0.1, 0.15) is 26.2 Å². The fourth-order valence-corrected chi connectivity index (χ4v) is 2.51. The van der Waals surface area contributed by atoms with Crippen LogP contribution in [0.4, 0.5) is 5.95 Å². The summed E-state index contributed by atoms with van der Waals surface area (Å²) in [4.78, 5) is 36.1. The summed E-state index contributed by atoms with van der Waals surface area (Å²) in [6, 6.07) is 1.77. The Balaban J connectivity index is 1.63. The molecule has 0 atom stereocenters. The molecule has 138 valence electrons. The van der Waals surface area contributed by atoms with Crippen molar-refractivity contribution in [3.8, 4) is 0 Å². The van der Waals surface area contributed by atoms with Crippen LogP contribution in [0, 0.1) is 0 Å². The number of hydrogen-bond donors (Lipinski definition) is 1. The molecular weight excluding hydrogens is 322 g/mol. The van der Waals surface area contributed by atoms with Gasteiger partial charge in [0.25, 0.3) is 0 Å². The minimum Gasteiger partial charge on any atom is -0.381 e. The first-order valence-corrected chi connectivity index (χ1v) is 8.89. The number of aromatic nitrogens is 2. The molecule has 1 fully saturated rings. The molecule has 1 aliphatic heterocycles. The Kier molecular flexibility index (Phi) is 8.11. The summed E-state index contributed by atoms with van der Waals surface area (Å²) in [5, 5.41) is 2.67. The van der Waals surface area contributed by atoms with Gasteiger partial charge in [0.05, 0.1) is 0 Å². The molecule has 0 spiro atoms. The van der Waals surface area contributed by atoms with Gasteiger partial charge in [-0.3, -0.25) is 9.59 Å². The summed E-state index contributed by atoms with van der Waals surface area (Å²) in [6.45, 7) is 6.14. The van der Waals surface area contributed by atoms with Crippen molar-refractivity contribution in [2.24, 2.45) is 0 Å². The van der Waals surface area contributed by atoms with E-state index < -0.39 is 11.8 Å². The van der Waals surface area contributed by atoms with Crippen LogP contribution in [0.25, 0.3) is 0 Å². The van der Waals surface area contributed by atoms with Crippen LogP contribution in [0.3, 0.4) is 0 Å². The van der Waals surface area contributed by atoms with Gasteiger partial charge >= 0.3 is 11.8 Å². The van der Waals surface area contributed by atoms with Crippen LogP contribution >= 0.6 is 0 Å². The lowest BCUT2D eigenvalue weighted by atomic mass is 10.3. The lowest BCUT2D eigenvalue weighted by molar-refractivity contribution is -0.146. The van der Waals surface area contributed by atoms with Crippen LogP contribution in [-0.2, 0) is 14.3 Å². The second-order valence-electron chi connectivity index (χ2n) is 5.90. The van der Waals surface area contributed by atoms with E-state index in [1.54, 1.807) is 23.4 Å². The lowest BCUT2D eigenvalue weighted by Crippen LogP contribution is -2.53. The van der Waals surface area contributed by atoms with Gasteiger partial charge in [-0.2, -0.15) is 0 Å². The smallest absolute Gasteiger partial charge is 0.312 e. The number of anilines is 1. The molecule has 1 aromatic heterocycles. The summed E-state index contributed by atoms with van der Waals surface area (Å²) < 4.78 is 5.42.